The fourth-order valence-electron chi connectivity index (χ4n) is 3.41. The first kappa shape index (κ1) is 15.6. The minimum absolute atomic E-state index is 0.00235. The Labute approximate surface area is 133 Å². The molecule has 1 aromatic carbocycles. The van der Waals surface area contributed by atoms with Crippen LogP contribution >= 0.6 is 0 Å². The average Bonchev–Trinajstić information content (AvgIpc) is 2.70. The quantitative estimate of drug-likeness (QED) is 0.869. The summed E-state index contributed by atoms with van der Waals surface area (Å²) >= 11 is 0. The van der Waals surface area contributed by atoms with Crippen molar-refractivity contribution in [1.29, 1.82) is 0 Å². The molecule has 0 aliphatic heterocycles. The summed E-state index contributed by atoms with van der Waals surface area (Å²) in [6.07, 6.45) is 3.39. The van der Waals surface area contributed by atoms with Crippen LogP contribution < -0.4 is 0 Å². The molecule has 0 amide bonds. The van der Waals surface area contributed by atoms with Crippen molar-refractivity contribution < 1.29 is 18.7 Å². The van der Waals surface area contributed by atoms with Crippen molar-refractivity contribution in [2.45, 2.75) is 37.5 Å². The van der Waals surface area contributed by atoms with E-state index in [0.29, 0.717) is 24.8 Å². The Morgan fingerprint density at radius 3 is 2.83 bits per heavy atom. The van der Waals surface area contributed by atoms with E-state index in [1.54, 1.807) is 18.3 Å². The second-order valence-electron chi connectivity index (χ2n) is 5.96. The van der Waals surface area contributed by atoms with E-state index in [9.17, 15) is 13.6 Å². The van der Waals surface area contributed by atoms with Crippen LogP contribution in [0.4, 0.5) is 8.78 Å². The van der Waals surface area contributed by atoms with E-state index in [2.05, 4.69) is 4.98 Å². The largest absolute Gasteiger partial charge is 0.481 e. The molecule has 5 heteroatoms. The van der Waals surface area contributed by atoms with Crippen molar-refractivity contribution in [3.8, 4) is 0 Å². The molecule has 1 aliphatic carbocycles. The van der Waals surface area contributed by atoms with Gasteiger partial charge in [-0.05, 0) is 48.4 Å². The Morgan fingerprint density at radius 1 is 1.22 bits per heavy atom. The van der Waals surface area contributed by atoms with Crippen LogP contribution in [-0.4, -0.2) is 16.1 Å². The van der Waals surface area contributed by atoms with Gasteiger partial charge in [-0.3, -0.25) is 9.78 Å². The molecule has 2 aromatic rings. The number of rotatable bonds is 3. The Bertz CT molecular complexity index is 733. The summed E-state index contributed by atoms with van der Waals surface area (Å²) in [7, 11) is 0. The van der Waals surface area contributed by atoms with E-state index in [4.69, 9.17) is 5.11 Å². The van der Waals surface area contributed by atoms with Crippen molar-refractivity contribution in [3.63, 3.8) is 0 Å². The van der Waals surface area contributed by atoms with Crippen molar-refractivity contribution in [3.05, 3.63) is 65.0 Å². The van der Waals surface area contributed by atoms with Gasteiger partial charge in [-0.2, -0.15) is 0 Å². The summed E-state index contributed by atoms with van der Waals surface area (Å²) in [5, 5.41) is 9.11. The van der Waals surface area contributed by atoms with Crippen LogP contribution in [0.3, 0.4) is 0 Å². The topological polar surface area (TPSA) is 50.2 Å². The van der Waals surface area contributed by atoms with Gasteiger partial charge in [0.15, 0.2) is 11.6 Å². The second-order valence-corrected chi connectivity index (χ2v) is 5.96. The van der Waals surface area contributed by atoms with Gasteiger partial charge in [-0.25, -0.2) is 8.78 Å². The molecule has 1 aromatic heterocycles. The van der Waals surface area contributed by atoms with Gasteiger partial charge in [-0.15, -0.1) is 0 Å². The molecular weight excluding hydrogens is 300 g/mol. The van der Waals surface area contributed by atoms with Crippen LogP contribution in [0.2, 0.25) is 0 Å². The smallest absolute Gasteiger partial charge is 0.304 e. The normalized spacial score (nSPS) is 20.6. The highest BCUT2D eigenvalue weighted by atomic mass is 19.2. The molecule has 3 rings (SSSR count). The average molecular weight is 317 g/mol. The summed E-state index contributed by atoms with van der Waals surface area (Å²) in [5.74, 6) is -2.89. The lowest BCUT2D eigenvalue weighted by Crippen LogP contribution is -2.08. The molecule has 120 valence electrons. The predicted molar refractivity (Wildman–Crippen MR) is 81.3 cm³/mol. The number of aromatic nitrogens is 1. The molecule has 23 heavy (non-hydrogen) atoms. The molecule has 0 saturated carbocycles. The Hall–Kier alpha value is -2.30. The summed E-state index contributed by atoms with van der Waals surface area (Å²) in [5.41, 5.74) is 2.05. The number of carboxylic acids is 1. The number of aliphatic carboxylic acids is 1. The zero-order valence-electron chi connectivity index (χ0n) is 12.5. The van der Waals surface area contributed by atoms with Crippen LogP contribution in [0, 0.1) is 11.6 Å². The van der Waals surface area contributed by atoms with E-state index in [-0.39, 0.29) is 18.3 Å². The number of fused-ring (bicyclic) bond motifs is 1. The number of benzene rings is 1. The monoisotopic (exact) mass is 317 g/mol. The van der Waals surface area contributed by atoms with Crippen molar-refractivity contribution in [1.82, 2.24) is 4.98 Å². The number of nitrogens with zero attached hydrogens (tertiary/aromatic N) is 1. The fourth-order valence-corrected chi connectivity index (χ4v) is 3.41. The highest BCUT2D eigenvalue weighted by Gasteiger charge is 2.28. The van der Waals surface area contributed by atoms with Crippen LogP contribution in [0.15, 0.2) is 36.5 Å². The third-order valence-electron chi connectivity index (χ3n) is 4.49. The predicted octanol–water partition coefficient (Wildman–Crippen LogP) is 4.04. The van der Waals surface area contributed by atoms with E-state index < -0.39 is 17.6 Å². The lowest BCUT2D eigenvalue weighted by Gasteiger charge is -2.16. The summed E-state index contributed by atoms with van der Waals surface area (Å²) in [6.45, 7) is 0. The third kappa shape index (κ3) is 3.23. The van der Waals surface area contributed by atoms with Gasteiger partial charge >= 0.3 is 5.97 Å². The van der Waals surface area contributed by atoms with Crippen LogP contribution in [0.5, 0.6) is 0 Å². The number of carbonyl (C=O) groups is 1. The molecule has 0 spiro atoms. The Kier molecular flexibility index (Phi) is 4.37. The van der Waals surface area contributed by atoms with Gasteiger partial charge in [-0.1, -0.05) is 18.2 Å². The minimum Gasteiger partial charge on any atom is -0.481 e. The summed E-state index contributed by atoms with van der Waals surface area (Å²) in [6, 6.07) is 7.92. The van der Waals surface area contributed by atoms with Gasteiger partial charge in [0, 0.05) is 17.8 Å². The molecule has 1 aliphatic rings. The van der Waals surface area contributed by atoms with E-state index >= 15 is 0 Å². The lowest BCUT2D eigenvalue weighted by molar-refractivity contribution is -0.137. The minimum atomic E-state index is -0.873. The van der Waals surface area contributed by atoms with E-state index in [1.165, 1.54) is 6.07 Å². The van der Waals surface area contributed by atoms with E-state index in [0.717, 1.165) is 17.3 Å². The fraction of sp³-hybridized carbons (Fsp3) is 0.333. The zero-order chi connectivity index (χ0) is 16.4. The zero-order valence-corrected chi connectivity index (χ0v) is 12.5. The first-order valence-electron chi connectivity index (χ1n) is 7.65. The maximum absolute atomic E-state index is 14.1. The van der Waals surface area contributed by atoms with Crippen molar-refractivity contribution in [2.75, 3.05) is 0 Å². The van der Waals surface area contributed by atoms with Gasteiger partial charge < -0.3 is 5.11 Å². The first-order valence-corrected chi connectivity index (χ1v) is 7.65. The van der Waals surface area contributed by atoms with Gasteiger partial charge in [0.2, 0.25) is 0 Å². The highest BCUT2D eigenvalue weighted by Crippen LogP contribution is 2.38. The number of carboxylic acid groups (broad SMARTS) is 1. The lowest BCUT2D eigenvalue weighted by atomic mass is 9.89. The molecule has 2 atom stereocenters. The second kappa shape index (κ2) is 6.44. The SMILES string of the molecule is O=C(O)CC1CCC(c2cccc(F)c2F)Cc2cccnc21. The van der Waals surface area contributed by atoms with Gasteiger partial charge in [0.25, 0.3) is 0 Å². The molecule has 0 bridgehead atoms. The summed E-state index contributed by atoms with van der Waals surface area (Å²) in [4.78, 5) is 15.5. The molecule has 0 saturated heterocycles. The van der Waals surface area contributed by atoms with Gasteiger partial charge in [0.05, 0.1) is 6.42 Å². The van der Waals surface area contributed by atoms with Crippen molar-refractivity contribution >= 4 is 5.97 Å². The molecule has 1 N–H and O–H groups in total. The Morgan fingerprint density at radius 2 is 2.04 bits per heavy atom. The highest BCUT2D eigenvalue weighted by molar-refractivity contribution is 5.68. The van der Waals surface area contributed by atoms with Crippen LogP contribution in [0.1, 0.15) is 47.9 Å². The number of hydrogen-bond acceptors (Lipinski definition) is 2. The van der Waals surface area contributed by atoms with Gasteiger partial charge in [0.1, 0.15) is 0 Å². The maximum Gasteiger partial charge on any atom is 0.304 e. The summed E-state index contributed by atoms with van der Waals surface area (Å²) < 4.78 is 27.6. The van der Waals surface area contributed by atoms with E-state index in [1.807, 2.05) is 6.07 Å². The standard InChI is InChI=1S/C18H17F2NO2/c19-15-5-1-4-14(17(15)20)11-6-7-13(10-16(22)23)18-12(9-11)3-2-8-21-18/h1-5,8,11,13H,6-7,9-10H2,(H,22,23). The molecule has 1 heterocycles. The molecular formula is C18H17F2NO2. The molecule has 2 unspecified atom stereocenters. The van der Waals surface area contributed by atoms with Crippen molar-refractivity contribution in [2.24, 2.45) is 0 Å². The van der Waals surface area contributed by atoms with Crippen LogP contribution in [-0.2, 0) is 11.2 Å². The number of halogens is 2. The third-order valence-corrected chi connectivity index (χ3v) is 4.49. The number of hydrogen-bond donors (Lipinski definition) is 1. The molecule has 0 fully saturated rings. The van der Waals surface area contributed by atoms with Crippen LogP contribution in [0.25, 0.3) is 0 Å². The molecule has 0 radical (unpaired) electrons. The molecule has 3 nitrogen and oxygen atoms in total. The maximum atomic E-state index is 14.1. The number of pyridine rings is 1. The first-order chi connectivity index (χ1) is 11.1. The Balaban J connectivity index is 1.97.